The molecule has 0 heterocycles. The molecule has 2 aromatic carbocycles. The van der Waals surface area contributed by atoms with Crippen molar-refractivity contribution in [3.63, 3.8) is 0 Å². The maximum absolute atomic E-state index is 11.0. The highest BCUT2D eigenvalue weighted by atomic mass is 16.6. The second kappa shape index (κ2) is 4.65. The third kappa shape index (κ3) is 2.42. The Balaban J connectivity index is 2.40. The van der Waals surface area contributed by atoms with Gasteiger partial charge in [-0.15, -0.1) is 0 Å². The lowest BCUT2D eigenvalue weighted by Gasteiger charge is -2.05. The van der Waals surface area contributed by atoms with Gasteiger partial charge >= 0.3 is 0 Å². The molecule has 0 amide bonds. The summed E-state index contributed by atoms with van der Waals surface area (Å²) in [7, 11) is 0. The number of anilines is 1. The van der Waals surface area contributed by atoms with E-state index in [-0.39, 0.29) is 11.4 Å². The van der Waals surface area contributed by atoms with Gasteiger partial charge in [0, 0.05) is 12.0 Å². The number of nitro groups is 1. The lowest BCUT2D eigenvalue weighted by molar-refractivity contribution is -0.384. The summed E-state index contributed by atoms with van der Waals surface area (Å²) in [6.07, 6.45) is 0.516. The number of nitro benzene ring substituents is 1. The van der Waals surface area contributed by atoms with Crippen LogP contribution in [-0.2, 0) is 6.42 Å². The molecule has 17 heavy (non-hydrogen) atoms. The van der Waals surface area contributed by atoms with E-state index >= 15 is 0 Å². The highest BCUT2D eigenvalue weighted by Crippen LogP contribution is 2.27. The molecule has 0 unspecified atom stereocenters. The van der Waals surface area contributed by atoms with Crippen LogP contribution in [0, 0.1) is 10.1 Å². The summed E-state index contributed by atoms with van der Waals surface area (Å²) in [5.41, 5.74) is 7.53. The molecular formula is C13H12N2O2. The molecule has 2 aromatic rings. The summed E-state index contributed by atoms with van der Waals surface area (Å²) < 4.78 is 0. The molecule has 0 aliphatic carbocycles. The van der Waals surface area contributed by atoms with Crippen LogP contribution in [0.2, 0.25) is 0 Å². The van der Waals surface area contributed by atoms with E-state index in [1.54, 1.807) is 18.2 Å². The van der Waals surface area contributed by atoms with E-state index in [2.05, 4.69) is 0 Å². The number of para-hydroxylation sites is 1. The van der Waals surface area contributed by atoms with E-state index in [0.717, 1.165) is 5.56 Å². The molecule has 4 nitrogen and oxygen atoms in total. The fraction of sp³-hybridized carbons (Fsp3) is 0.0769. The monoisotopic (exact) mass is 228 g/mol. The number of nitrogen functional groups attached to an aromatic ring is 1. The first-order valence-corrected chi connectivity index (χ1v) is 5.24. The number of nitrogens with zero attached hydrogens (tertiary/aromatic N) is 1. The molecule has 2 N–H and O–H groups in total. The quantitative estimate of drug-likeness (QED) is 0.499. The van der Waals surface area contributed by atoms with E-state index in [1.807, 2.05) is 30.3 Å². The lowest BCUT2D eigenvalue weighted by atomic mass is 10.0. The van der Waals surface area contributed by atoms with Gasteiger partial charge in [0.2, 0.25) is 0 Å². The Kier molecular flexibility index (Phi) is 3.05. The predicted molar refractivity (Wildman–Crippen MR) is 66.8 cm³/mol. The molecule has 2 rings (SSSR count). The molecule has 0 saturated heterocycles. The largest absolute Gasteiger partial charge is 0.393 e. The molecule has 0 radical (unpaired) electrons. The highest BCUT2D eigenvalue weighted by Gasteiger charge is 2.17. The lowest BCUT2D eigenvalue weighted by Crippen LogP contribution is -2.01. The van der Waals surface area contributed by atoms with Crippen LogP contribution in [0.15, 0.2) is 48.5 Å². The zero-order valence-electron chi connectivity index (χ0n) is 9.17. The fourth-order valence-corrected chi connectivity index (χ4v) is 1.79. The first-order valence-electron chi connectivity index (χ1n) is 5.24. The SMILES string of the molecule is Nc1cccc(Cc2ccccc2)c1[N+](=O)[O-]. The van der Waals surface area contributed by atoms with Gasteiger partial charge in [0.15, 0.2) is 0 Å². The van der Waals surface area contributed by atoms with Gasteiger partial charge in [0.05, 0.1) is 4.92 Å². The topological polar surface area (TPSA) is 69.2 Å². The number of benzene rings is 2. The van der Waals surface area contributed by atoms with Crippen molar-refractivity contribution in [2.24, 2.45) is 0 Å². The first kappa shape index (κ1) is 11.1. The minimum atomic E-state index is -0.423. The zero-order chi connectivity index (χ0) is 12.3. The average molecular weight is 228 g/mol. The molecule has 4 heteroatoms. The number of hydrogen-bond acceptors (Lipinski definition) is 3. The van der Waals surface area contributed by atoms with Gasteiger partial charge in [-0.2, -0.15) is 0 Å². The van der Waals surface area contributed by atoms with Crippen LogP contribution in [0.3, 0.4) is 0 Å². The molecule has 0 fully saturated rings. The van der Waals surface area contributed by atoms with E-state index in [9.17, 15) is 10.1 Å². The molecule has 0 spiro atoms. The third-order valence-electron chi connectivity index (χ3n) is 2.57. The number of nitrogens with two attached hydrogens (primary N) is 1. The number of rotatable bonds is 3. The van der Waals surface area contributed by atoms with Gasteiger partial charge in [0.25, 0.3) is 5.69 Å². The van der Waals surface area contributed by atoms with Crippen LogP contribution in [0.1, 0.15) is 11.1 Å². The summed E-state index contributed by atoms with van der Waals surface area (Å²) in [4.78, 5) is 10.5. The summed E-state index contributed by atoms with van der Waals surface area (Å²) in [6.45, 7) is 0. The Morgan fingerprint density at radius 1 is 1.06 bits per heavy atom. The minimum Gasteiger partial charge on any atom is -0.393 e. The van der Waals surface area contributed by atoms with Crippen LogP contribution in [0.4, 0.5) is 11.4 Å². The van der Waals surface area contributed by atoms with Crippen LogP contribution < -0.4 is 5.73 Å². The van der Waals surface area contributed by atoms with E-state index in [0.29, 0.717) is 12.0 Å². The maximum Gasteiger partial charge on any atom is 0.295 e. The van der Waals surface area contributed by atoms with Crippen LogP contribution in [0.25, 0.3) is 0 Å². The van der Waals surface area contributed by atoms with Crippen molar-refractivity contribution >= 4 is 11.4 Å². The summed E-state index contributed by atoms with van der Waals surface area (Å²) in [5.74, 6) is 0. The van der Waals surface area contributed by atoms with Crippen LogP contribution in [-0.4, -0.2) is 4.92 Å². The standard InChI is InChI=1S/C13H12N2O2/c14-12-8-4-7-11(13(12)15(16)17)9-10-5-2-1-3-6-10/h1-8H,9,14H2. The van der Waals surface area contributed by atoms with Crippen LogP contribution in [0.5, 0.6) is 0 Å². The number of hydrogen-bond donors (Lipinski definition) is 1. The van der Waals surface area contributed by atoms with E-state index in [1.165, 1.54) is 0 Å². The molecule has 0 bridgehead atoms. The van der Waals surface area contributed by atoms with Gasteiger partial charge in [-0.3, -0.25) is 10.1 Å². The molecular weight excluding hydrogens is 216 g/mol. The summed E-state index contributed by atoms with van der Waals surface area (Å²) in [6, 6.07) is 14.6. The highest BCUT2D eigenvalue weighted by molar-refractivity contribution is 5.63. The second-order valence-corrected chi connectivity index (χ2v) is 3.77. The Hall–Kier alpha value is -2.36. The van der Waals surface area contributed by atoms with Crippen molar-refractivity contribution in [1.29, 1.82) is 0 Å². The van der Waals surface area contributed by atoms with Gasteiger partial charge < -0.3 is 5.73 Å². The van der Waals surface area contributed by atoms with E-state index in [4.69, 9.17) is 5.73 Å². The predicted octanol–water partition coefficient (Wildman–Crippen LogP) is 2.77. The molecule has 0 atom stereocenters. The molecule has 0 aromatic heterocycles. The van der Waals surface area contributed by atoms with Crippen molar-refractivity contribution in [3.05, 3.63) is 69.8 Å². The van der Waals surface area contributed by atoms with Gasteiger partial charge in [-0.05, 0) is 11.6 Å². The Morgan fingerprint density at radius 2 is 1.76 bits per heavy atom. The molecule has 0 saturated carbocycles. The van der Waals surface area contributed by atoms with Gasteiger partial charge in [0.1, 0.15) is 5.69 Å². The summed E-state index contributed by atoms with van der Waals surface area (Å²) >= 11 is 0. The van der Waals surface area contributed by atoms with Gasteiger partial charge in [-0.1, -0.05) is 42.5 Å². The third-order valence-corrected chi connectivity index (χ3v) is 2.57. The Labute approximate surface area is 98.8 Å². The maximum atomic E-state index is 11.0. The van der Waals surface area contributed by atoms with Crippen molar-refractivity contribution in [1.82, 2.24) is 0 Å². The van der Waals surface area contributed by atoms with Crippen molar-refractivity contribution in [2.45, 2.75) is 6.42 Å². The average Bonchev–Trinajstić information content (AvgIpc) is 2.30. The van der Waals surface area contributed by atoms with Crippen molar-refractivity contribution < 1.29 is 4.92 Å². The van der Waals surface area contributed by atoms with Crippen molar-refractivity contribution in [2.75, 3.05) is 5.73 Å². The Morgan fingerprint density at radius 3 is 2.41 bits per heavy atom. The molecule has 0 aliphatic rings. The first-order chi connectivity index (χ1) is 8.18. The second-order valence-electron chi connectivity index (χ2n) is 3.77. The fourth-order valence-electron chi connectivity index (χ4n) is 1.79. The summed E-state index contributed by atoms with van der Waals surface area (Å²) in [5, 5.41) is 11.0. The van der Waals surface area contributed by atoms with Crippen molar-refractivity contribution in [3.8, 4) is 0 Å². The zero-order valence-corrected chi connectivity index (χ0v) is 9.17. The molecule has 86 valence electrons. The minimum absolute atomic E-state index is 0.0105. The van der Waals surface area contributed by atoms with Crippen LogP contribution >= 0.6 is 0 Å². The Bertz CT molecular complexity index is 538. The van der Waals surface area contributed by atoms with E-state index < -0.39 is 4.92 Å². The molecule has 0 aliphatic heterocycles. The smallest absolute Gasteiger partial charge is 0.295 e. The normalized spacial score (nSPS) is 10.1. The van der Waals surface area contributed by atoms with Gasteiger partial charge in [-0.25, -0.2) is 0 Å².